The second-order valence-corrected chi connectivity index (χ2v) is 9.39. The van der Waals surface area contributed by atoms with Gasteiger partial charge in [-0.3, -0.25) is 9.88 Å². The molecule has 0 N–H and O–H groups in total. The van der Waals surface area contributed by atoms with Crippen LogP contribution in [0, 0.1) is 19.7 Å². The van der Waals surface area contributed by atoms with Gasteiger partial charge in [-0.25, -0.2) is 9.07 Å². The Bertz CT molecular complexity index is 1350. The van der Waals surface area contributed by atoms with Crippen LogP contribution in [0.5, 0.6) is 5.75 Å². The van der Waals surface area contributed by atoms with Crippen molar-refractivity contribution in [2.24, 2.45) is 0 Å². The molecule has 0 spiro atoms. The summed E-state index contributed by atoms with van der Waals surface area (Å²) >= 11 is 5.96. The summed E-state index contributed by atoms with van der Waals surface area (Å²) in [6, 6.07) is 8.72. The van der Waals surface area contributed by atoms with Gasteiger partial charge in [0.1, 0.15) is 17.0 Å². The first-order valence-corrected chi connectivity index (χ1v) is 12.3. The summed E-state index contributed by atoms with van der Waals surface area (Å²) < 4.78 is 22.1. The predicted octanol–water partition coefficient (Wildman–Crippen LogP) is 5.40. The first kappa shape index (κ1) is 23.6. The minimum atomic E-state index is -0.379. The molecule has 182 valence electrons. The molecule has 0 saturated carbocycles. The first-order valence-electron chi connectivity index (χ1n) is 11.9. The fourth-order valence-electron chi connectivity index (χ4n) is 4.86. The highest BCUT2D eigenvalue weighted by molar-refractivity contribution is 6.30. The van der Waals surface area contributed by atoms with Gasteiger partial charge in [0.15, 0.2) is 5.82 Å². The van der Waals surface area contributed by atoms with Crippen molar-refractivity contribution in [2.45, 2.75) is 46.1 Å². The van der Waals surface area contributed by atoms with Gasteiger partial charge in [0.05, 0.1) is 34.4 Å². The Labute approximate surface area is 208 Å². The van der Waals surface area contributed by atoms with Crippen LogP contribution in [0.3, 0.4) is 0 Å². The summed E-state index contributed by atoms with van der Waals surface area (Å²) in [7, 11) is 0. The van der Waals surface area contributed by atoms with Crippen LogP contribution in [0.1, 0.15) is 48.5 Å². The molecule has 0 aliphatic carbocycles. The van der Waals surface area contributed by atoms with E-state index in [0.29, 0.717) is 23.1 Å². The molecule has 4 aromatic rings. The van der Waals surface area contributed by atoms with Crippen LogP contribution in [-0.4, -0.2) is 49.6 Å². The summed E-state index contributed by atoms with van der Waals surface area (Å²) in [5.41, 5.74) is 4.74. The van der Waals surface area contributed by atoms with Crippen molar-refractivity contribution in [2.75, 3.05) is 19.7 Å². The fraction of sp³-hybridized carbons (Fsp3) is 0.385. The third-order valence-corrected chi connectivity index (χ3v) is 6.86. The van der Waals surface area contributed by atoms with E-state index in [1.165, 1.54) is 6.07 Å². The van der Waals surface area contributed by atoms with Gasteiger partial charge in [-0.05, 0) is 71.0 Å². The quantitative estimate of drug-likeness (QED) is 0.357. The molecular formula is C26H28ClFN6O. The van der Waals surface area contributed by atoms with E-state index in [2.05, 4.69) is 20.1 Å². The minimum Gasteiger partial charge on any atom is -0.494 e. The lowest BCUT2D eigenvalue weighted by Gasteiger charge is -2.31. The summed E-state index contributed by atoms with van der Waals surface area (Å²) in [5, 5.41) is 15.5. The van der Waals surface area contributed by atoms with E-state index < -0.39 is 0 Å². The number of hydrogen-bond acceptors (Lipinski definition) is 6. The largest absolute Gasteiger partial charge is 0.494 e. The number of aryl methyl sites for hydroxylation is 2. The Morgan fingerprint density at radius 3 is 2.60 bits per heavy atom. The lowest BCUT2D eigenvalue weighted by Crippen LogP contribution is -2.33. The summed E-state index contributed by atoms with van der Waals surface area (Å²) in [4.78, 5) is 6.81. The van der Waals surface area contributed by atoms with Crippen LogP contribution >= 0.6 is 11.6 Å². The number of aromatic nitrogens is 5. The number of ether oxygens (including phenoxy) is 1. The van der Waals surface area contributed by atoms with E-state index in [-0.39, 0.29) is 11.7 Å². The van der Waals surface area contributed by atoms with E-state index in [0.717, 1.165) is 66.2 Å². The monoisotopic (exact) mass is 494 g/mol. The Morgan fingerprint density at radius 1 is 1.11 bits per heavy atom. The number of rotatable bonds is 6. The maximum absolute atomic E-state index is 15.0. The Morgan fingerprint density at radius 2 is 1.91 bits per heavy atom. The summed E-state index contributed by atoms with van der Waals surface area (Å²) in [5.74, 6) is 0.368. The van der Waals surface area contributed by atoms with Crippen LogP contribution < -0.4 is 4.74 Å². The van der Waals surface area contributed by atoms with Gasteiger partial charge in [0, 0.05) is 30.1 Å². The van der Waals surface area contributed by atoms with Gasteiger partial charge in [-0.15, -0.1) is 0 Å². The molecule has 1 aliphatic heterocycles. The maximum Gasteiger partial charge on any atom is 0.152 e. The Kier molecular flexibility index (Phi) is 6.67. The summed E-state index contributed by atoms with van der Waals surface area (Å²) in [6.07, 6.45) is 3.58. The van der Waals surface area contributed by atoms with Gasteiger partial charge < -0.3 is 4.74 Å². The van der Waals surface area contributed by atoms with Gasteiger partial charge in [0.25, 0.3) is 0 Å². The van der Waals surface area contributed by atoms with E-state index >= 15 is 0 Å². The molecule has 0 radical (unpaired) electrons. The Balaban J connectivity index is 1.41. The number of piperidine rings is 1. The van der Waals surface area contributed by atoms with Crippen LogP contribution in [0.25, 0.3) is 16.6 Å². The van der Waals surface area contributed by atoms with Crippen LogP contribution in [0.2, 0.25) is 5.02 Å². The molecule has 1 fully saturated rings. The molecule has 0 unspecified atom stereocenters. The average molecular weight is 495 g/mol. The van der Waals surface area contributed by atoms with Crippen molar-refractivity contribution >= 4 is 22.5 Å². The fourth-order valence-corrected chi connectivity index (χ4v) is 4.97. The number of fused-ring (bicyclic) bond motifs is 1. The Hall–Kier alpha value is -3.10. The highest BCUT2D eigenvalue weighted by Crippen LogP contribution is 2.34. The van der Waals surface area contributed by atoms with Crippen molar-refractivity contribution in [1.29, 1.82) is 0 Å². The predicted molar refractivity (Wildman–Crippen MR) is 134 cm³/mol. The van der Waals surface area contributed by atoms with Gasteiger partial charge in [0.2, 0.25) is 0 Å². The number of halogens is 2. The molecule has 35 heavy (non-hydrogen) atoms. The zero-order chi connectivity index (χ0) is 24.5. The van der Waals surface area contributed by atoms with E-state index in [4.69, 9.17) is 21.4 Å². The third kappa shape index (κ3) is 4.73. The normalized spacial score (nSPS) is 15.1. The number of likely N-dealkylation sites (tertiary alicyclic amines) is 1. The van der Waals surface area contributed by atoms with Crippen molar-refractivity contribution in [3.63, 3.8) is 0 Å². The third-order valence-electron chi connectivity index (χ3n) is 6.64. The van der Waals surface area contributed by atoms with E-state index in [9.17, 15) is 4.39 Å². The molecule has 3 aromatic heterocycles. The molecule has 1 aromatic carbocycles. The van der Waals surface area contributed by atoms with E-state index in [1.807, 2.05) is 32.9 Å². The lowest BCUT2D eigenvalue weighted by molar-refractivity contribution is 0.201. The van der Waals surface area contributed by atoms with Crippen molar-refractivity contribution in [3.05, 3.63) is 70.1 Å². The highest BCUT2D eigenvalue weighted by Gasteiger charge is 2.27. The van der Waals surface area contributed by atoms with Crippen LogP contribution in [0.4, 0.5) is 4.39 Å². The lowest BCUT2D eigenvalue weighted by atomic mass is 9.92. The molecule has 5 rings (SSSR count). The molecule has 1 saturated heterocycles. The summed E-state index contributed by atoms with van der Waals surface area (Å²) in [6.45, 7) is 8.89. The second kappa shape index (κ2) is 9.87. The van der Waals surface area contributed by atoms with Crippen molar-refractivity contribution in [3.8, 4) is 11.4 Å². The smallest absolute Gasteiger partial charge is 0.152 e. The van der Waals surface area contributed by atoms with E-state index in [1.54, 1.807) is 23.0 Å². The molecule has 4 heterocycles. The molecular weight excluding hydrogens is 467 g/mol. The van der Waals surface area contributed by atoms with Crippen LogP contribution in [0.15, 0.2) is 36.5 Å². The van der Waals surface area contributed by atoms with Gasteiger partial charge >= 0.3 is 0 Å². The zero-order valence-electron chi connectivity index (χ0n) is 20.1. The highest BCUT2D eigenvalue weighted by atomic mass is 35.5. The molecule has 0 amide bonds. The van der Waals surface area contributed by atoms with Gasteiger partial charge in [-0.1, -0.05) is 11.6 Å². The number of benzene rings is 1. The second-order valence-electron chi connectivity index (χ2n) is 8.96. The maximum atomic E-state index is 15.0. The molecule has 0 atom stereocenters. The SMILES string of the molecule is CCOc1ccc(-n2nc3c(C4CCN(Cc5ccc(Cl)cn5)CC4)nnc(C)c3c2C)c(F)c1. The number of nitrogens with zero attached hydrogens (tertiary/aromatic N) is 6. The van der Waals surface area contributed by atoms with Crippen LogP contribution in [-0.2, 0) is 6.54 Å². The number of pyridine rings is 1. The minimum absolute atomic E-state index is 0.243. The number of hydrogen-bond donors (Lipinski definition) is 0. The molecule has 7 nitrogen and oxygen atoms in total. The topological polar surface area (TPSA) is 69.0 Å². The first-order chi connectivity index (χ1) is 16.9. The van der Waals surface area contributed by atoms with Gasteiger partial charge in [-0.2, -0.15) is 15.3 Å². The zero-order valence-corrected chi connectivity index (χ0v) is 20.9. The van der Waals surface area contributed by atoms with Crippen molar-refractivity contribution in [1.82, 2.24) is 29.9 Å². The standard InChI is InChI=1S/C26H28ClFN6O/c1-4-35-21-7-8-23(22(28)13-21)34-17(3)24-16(2)30-31-25(26(24)32-34)18-9-11-33(12-10-18)15-20-6-5-19(27)14-29-20/h5-8,13-14,18H,4,9-12,15H2,1-3H3. The molecule has 9 heteroatoms. The van der Waals surface area contributed by atoms with Crippen molar-refractivity contribution < 1.29 is 9.13 Å². The molecule has 1 aliphatic rings. The average Bonchev–Trinajstić information content (AvgIpc) is 3.19. The molecule has 0 bridgehead atoms.